The zero-order valence-corrected chi connectivity index (χ0v) is 12.0. The number of carbonyl (C=O) groups excluding carboxylic acids is 1. The standard InChI is InChI=1S/C17H17NO3/c1-21-14-6-2-5-13(10-14)16(19)11-18-15-7-3-4-12(15)8-9-17(18)20/h2,5-6,8-10H,3-4,7,11H2,1H3. The Labute approximate surface area is 123 Å². The van der Waals surface area contributed by atoms with Crippen LogP contribution in [0.4, 0.5) is 0 Å². The van der Waals surface area contributed by atoms with Crippen molar-refractivity contribution < 1.29 is 9.53 Å². The molecule has 0 aliphatic heterocycles. The van der Waals surface area contributed by atoms with Crippen molar-refractivity contribution in [2.45, 2.75) is 25.8 Å². The minimum atomic E-state index is -0.105. The molecule has 0 saturated carbocycles. The number of ether oxygens (including phenoxy) is 1. The molecule has 1 aliphatic rings. The summed E-state index contributed by atoms with van der Waals surface area (Å²) >= 11 is 0. The molecule has 3 rings (SSSR count). The van der Waals surface area contributed by atoms with E-state index >= 15 is 0 Å². The number of hydrogen-bond acceptors (Lipinski definition) is 3. The first-order chi connectivity index (χ1) is 10.2. The molecule has 21 heavy (non-hydrogen) atoms. The van der Waals surface area contributed by atoms with Crippen molar-refractivity contribution in [3.8, 4) is 5.75 Å². The first-order valence-electron chi connectivity index (χ1n) is 7.08. The van der Waals surface area contributed by atoms with Crippen LogP contribution in [0.1, 0.15) is 28.0 Å². The van der Waals surface area contributed by atoms with Crippen LogP contribution in [0.2, 0.25) is 0 Å². The van der Waals surface area contributed by atoms with Crippen LogP contribution in [-0.2, 0) is 19.4 Å². The minimum Gasteiger partial charge on any atom is -0.497 e. The Balaban J connectivity index is 1.92. The van der Waals surface area contributed by atoms with Gasteiger partial charge in [0.25, 0.3) is 5.56 Å². The summed E-state index contributed by atoms with van der Waals surface area (Å²) in [4.78, 5) is 24.5. The molecule has 1 aromatic heterocycles. The molecule has 1 aliphatic carbocycles. The molecule has 4 nitrogen and oxygen atoms in total. The quantitative estimate of drug-likeness (QED) is 0.808. The molecule has 0 bridgehead atoms. The molecule has 4 heteroatoms. The van der Waals surface area contributed by atoms with Crippen LogP contribution in [0.15, 0.2) is 41.2 Å². The van der Waals surface area contributed by atoms with Crippen LogP contribution >= 0.6 is 0 Å². The van der Waals surface area contributed by atoms with Gasteiger partial charge in [0, 0.05) is 17.3 Å². The van der Waals surface area contributed by atoms with E-state index in [1.165, 1.54) is 5.56 Å². The van der Waals surface area contributed by atoms with E-state index in [-0.39, 0.29) is 17.9 Å². The van der Waals surface area contributed by atoms with Crippen molar-refractivity contribution >= 4 is 5.78 Å². The predicted molar refractivity (Wildman–Crippen MR) is 80.1 cm³/mol. The van der Waals surface area contributed by atoms with Crippen molar-refractivity contribution in [3.63, 3.8) is 0 Å². The number of Topliss-reactive ketones (excluding diaryl/α,β-unsaturated/α-hetero) is 1. The number of ketones is 1. The normalized spacial score (nSPS) is 13.0. The largest absolute Gasteiger partial charge is 0.497 e. The van der Waals surface area contributed by atoms with E-state index in [1.807, 2.05) is 6.07 Å². The number of rotatable bonds is 4. The average molecular weight is 283 g/mol. The zero-order valence-electron chi connectivity index (χ0n) is 12.0. The average Bonchev–Trinajstić information content (AvgIpc) is 2.99. The van der Waals surface area contributed by atoms with E-state index in [4.69, 9.17) is 4.74 Å². The lowest BCUT2D eigenvalue weighted by Gasteiger charge is -2.11. The number of nitrogens with zero attached hydrogens (tertiary/aromatic N) is 1. The molecule has 0 atom stereocenters. The Morgan fingerprint density at radius 3 is 2.90 bits per heavy atom. The number of hydrogen-bond donors (Lipinski definition) is 0. The van der Waals surface area contributed by atoms with Gasteiger partial charge in [0.05, 0.1) is 13.7 Å². The van der Waals surface area contributed by atoms with Crippen LogP contribution < -0.4 is 10.3 Å². The number of carbonyl (C=O) groups is 1. The maximum Gasteiger partial charge on any atom is 0.251 e. The summed E-state index contributed by atoms with van der Waals surface area (Å²) in [5, 5.41) is 0. The molecule has 0 saturated heterocycles. The molecule has 0 spiro atoms. The molecule has 0 N–H and O–H groups in total. The number of pyridine rings is 1. The Morgan fingerprint density at radius 1 is 1.24 bits per heavy atom. The summed E-state index contributed by atoms with van der Waals surface area (Å²) in [6.07, 6.45) is 2.91. The second kappa shape index (κ2) is 5.56. The van der Waals surface area contributed by atoms with Gasteiger partial charge in [-0.25, -0.2) is 0 Å². The summed E-state index contributed by atoms with van der Waals surface area (Å²) < 4.78 is 6.75. The fourth-order valence-corrected chi connectivity index (χ4v) is 2.84. The van der Waals surface area contributed by atoms with Crippen molar-refractivity contribution in [1.29, 1.82) is 0 Å². The van der Waals surface area contributed by atoms with Gasteiger partial charge in [0.1, 0.15) is 5.75 Å². The number of aromatic nitrogens is 1. The molecule has 0 amide bonds. The van der Waals surface area contributed by atoms with E-state index in [1.54, 1.807) is 42.0 Å². The predicted octanol–water partition coefficient (Wildman–Crippen LogP) is 2.23. The Bertz CT molecular complexity index is 746. The second-order valence-electron chi connectivity index (χ2n) is 5.24. The third-order valence-electron chi connectivity index (χ3n) is 3.94. The number of methoxy groups -OCH3 is 1. The van der Waals surface area contributed by atoms with Crippen molar-refractivity contribution in [3.05, 3.63) is 63.6 Å². The summed E-state index contributed by atoms with van der Waals surface area (Å²) in [5.74, 6) is 0.572. The topological polar surface area (TPSA) is 48.3 Å². The minimum absolute atomic E-state index is 0.0729. The van der Waals surface area contributed by atoms with Crippen LogP contribution in [-0.4, -0.2) is 17.5 Å². The Morgan fingerprint density at radius 2 is 2.10 bits per heavy atom. The maximum atomic E-state index is 12.4. The molecule has 1 aromatic carbocycles. The third kappa shape index (κ3) is 2.61. The van der Waals surface area contributed by atoms with Gasteiger partial charge in [-0.3, -0.25) is 9.59 Å². The molecule has 108 valence electrons. The Hall–Kier alpha value is -2.36. The maximum absolute atomic E-state index is 12.4. The molecular weight excluding hydrogens is 266 g/mol. The molecule has 0 unspecified atom stereocenters. The van der Waals surface area contributed by atoms with Crippen LogP contribution in [0, 0.1) is 0 Å². The second-order valence-corrected chi connectivity index (χ2v) is 5.24. The number of aryl methyl sites for hydroxylation is 1. The molecule has 1 heterocycles. The summed E-state index contributed by atoms with van der Waals surface area (Å²) in [6, 6.07) is 10.5. The van der Waals surface area contributed by atoms with Crippen LogP contribution in [0.25, 0.3) is 0 Å². The van der Waals surface area contributed by atoms with Gasteiger partial charge < -0.3 is 9.30 Å². The van der Waals surface area contributed by atoms with Crippen molar-refractivity contribution in [2.75, 3.05) is 7.11 Å². The fourth-order valence-electron chi connectivity index (χ4n) is 2.84. The lowest BCUT2D eigenvalue weighted by Crippen LogP contribution is -2.26. The molecule has 2 aromatic rings. The van der Waals surface area contributed by atoms with E-state index in [0.717, 1.165) is 25.0 Å². The van der Waals surface area contributed by atoms with Gasteiger partial charge in [-0.2, -0.15) is 0 Å². The Kier molecular flexibility index (Phi) is 3.60. The summed E-state index contributed by atoms with van der Waals surface area (Å²) in [6.45, 7) is 0.0924. The van der Waals surface area contributed by atoms with E-state index in [0.29, 0.717) is 11.3 Å². The highest BCUT2D eigenvalue weighted by Gasteiger charge is 2.18. The van der Waals surface area contributed by atoms with Gasteiger partial charge in [0.15, 0.2) is 5.78 Å². The van der Waals surface area contributed by atoms with Gasteiger partial charge in [0.2, 0.25) is 0 Å². The van der Waals surface area contributed by atoms with Gasteiger partial charge in [-0.05, 0) is 37.0 Å². The number of fused-ring (bicyclic) bond motifs is 1. The zero-order chi connectivity index (χ0) is 14.8. The van der Waals surface area contributed by atoms with Crippen molar-refractivity contribution in [1.82, 2.24) is 4.57 Å². The highest BCUT2D eigenvalue weighted by atomic mass is 16.5. The lowest BCUT2D eigenvalue weighted by molar-refractivity contribution is 0.0969. The van der Waals surface area contributed by atoms with E-state index < -0.39 is 0 Å². The lowest BCUT2D eigenvalue weighted by atomic mass is 10.1. The monoisotopic (exact) mass is 283 g/mol. The molecular formula is C17H17NO3. The fraction of sp³-hybridized carbons (Fsp3) is 0.294. The smallest absolute Gasteiger partial charge is 0.251 e. The van der Waals surface area contributed by atoms with E-state index in [9.17, 15) is 9.59 Å². The van der Waals surface area contributed by atoms with Crippen LogP contribution in [0.3, 0.4) is 0 Å². The first-order valence-corrected chi connectivity index (χ1v) is 7.08. The highest BCUT2D eigenvalue weighted by Crippen LogP contribution is 2.20. The molecule has 0 radical (unpaired) electrons. The summed E-state index contributed by atoms with van der Waals surface area (Å²) in [5.41, 5.74) is 2.66. The first kappa shape index (κ1) is 13.6. The van der Waals surface area contributed by atoms with Crippen molar-refractivity contribution in [2.24, 2.45) is 0 Å². The van der Waals surface area contributed by atoms with E-state index in [2.05, 4.69) is 0 Å². The van der Waals surface area contributed by atoms with Crippen LogP contribution in [0.5, 0.6) is 5.75 Å². The summed E-state index contributed by atoms with van der Waals surface area (Å²) in [7, 11) is 1.57. The third-order valence-corrected chi connectivity index (χ3v) is 3.94. The highest BCUT2D eigenvalue weighted by molar-refractivity contribution is 5.96. The van der Waals surface area contributed by atoms with Gasteiger partial charge in [-0.15, -0.1) is 0 Å². The van der Waals surface area contributed by atoms with Gasteiger partial charge in [-0.1, -0.05) is 18.2 Å². The number of benzene rings is 1. The van der Waals surface area contributed by atoms with Gasteiger partial charge >= 0.3 is 0 Å². The molecule has 0 fully saturated rings. The SMILES string of the molecule is COc1cccc(C(=O)Cn2c3c(ccc2=O)CCC3)c1.